The Hall–Kier alpha value is -0.190. The van der Waals surface area contributed by atoms with E-state index in [4.69, 9.17) is 22.7 Å². The Morgan fingerprint density at radius 3 is 2.38 bits per heavy atom. The van der Waals surface area contributed by atoms with E-state index in [1.54, 1.807) is 7.11 Å². The van der Waals surface area contributed by atoms with Gasteiger partial charge in [0.05, 0.1) is 4.99 Å². The van der Waals surface area contributed by atoms with E-state index in [9.17, 15) is 0 Å². The van der Waals surface area contributed by atoms with Crippen molar-refractivity contribution in [2.45, 2.75) is 33.1 Å². The molecule has 0 aromatic rings. The Bertz CT molecular complexity index is 207. The van der Waals surface area contributed by atoms with Crippen LogP contribution in [0.3, 0.4) is 0 Å². The summed E-state index contributed by atoms with van der Waals surface area (Å²) in [7, 11) is 3.88. The van der Waals surface area contributed by atoms with E-state index < -0.39 is 0 Å². The van der Waals surface area contributed by atoms with Crippen LogP contribution in [0.2, 0.25) is 0 Å². The van der Waals surface area contributed by atoms with Crippen LogP contribution in [0.4, 0.5) is 0 Å². The molecule has 2 N–H and O–H groups in total. The molecule has 0 radical (unpaired) electrons. The molecule has 0 amide bonds. The molecule has 3 nitrogen and oxygen atoms in total. The van der Waals surface area contributed by atoms with Gasteiger partial charge < -0.3 is 15.4 Å². The molecule has 0 heterocycles. The van der Waals surface area contributed by atoms with Gasteiger partial charge in [0.2, 0.25) is 0 Å². The molecule has 0 aromatic heterocycles. The minimum Gasteiger partial charge on any atom is -0.393 e. The van der Waals surface area contributed by atoms with Gasteiger partial charge in [-0.05, 0) is 32.9 Å². The maximum absolute atomic E-state index is 5.69. The first kappa shape index (κ1) is 15.8. The van der Waals surface area contributed by atoms with Crippen LogP contribution >= 0.6 is 12.2 Å². The molecule has 0 spiro atoms. The van der Waals surface area contributed by atoms with E-state index in [1.807, 2.05) is 0 Å². The van der Waals surface area contributed by atoms with Gasteiger partial charge in [-0.15, -0.1) is 0 Å². The molecule has 0 aliphatic rings. The first-order valence-corrected chi connectivity index (χ1v) is 6.28. The molecule has 0 aliphatic carbocycles. The summed E-state index contributed by atoms with van der Waals surface area (Å²) in [5.74, 6) is 0. The first-order valence-electron chi connectivity index (χ1n) is 5.87. The van der Waals surface area contributed by atoms with Crippen LogP contribution in [0.5, 0.6) is 0 Å². The fourth-order valence-electron chi connectivity index (χ4n) is 1.50. The zero-order valence-electron chi connectivity index (χ0n) is 11.1. The third-order valence-corrected chi connectivity index (χ3v) is 3.45. The third-order valence-electron chi connectivity index (χ3n) is 2.90. The quantitative estimate of drug-likeness (QED) is 0.499. The molecule has 0 atom stereocenters. The maximum atomic E-state index is 5.69. The Morgan fingerprint density at radius 2 is 1.88 bits per heavy atom. The van der Waals surface area contributed by atoms with E-state index in [0.717, 1.165) is 39.0 Å². The molecule has 4 heteroatoms. The van der Waals surface area contributed by atoms with Crippen LogP contribution < -0.4 is 5.73 Å². The maximum Gasteiger partial charge on any atom is 0.0784 e. The molecular formula is C12H26N2OS. The van der Waals surface area contributed by atoms with E-state index in [2.05, 4.69) is 25.8 Å². The molecule has 0 saturated heterocycles. The van der Waals surface area contributed by atoms with Crippen LogP contribution in [0.25, 0.3) is 0 Å². The molecule has 0 unspecified atom stereocenters. The fourth-order valence-corrected chi connectivity index (χ4v) is 1.61. The minimum atomic E-state index is -0.0112. The average Bonchev–Trinajstić information content (AvgIpc) is 2.17. The highest BCUT2D eigenvalue weighted by molar-refractivity contribution is 7.80. The van der Waals surface area contributed by atoms with E-state index in [1.165, 1.54) is 0 Å². The van der Waals surface area contributed by atoms with E-state index in [-0.39, 0.29) is 5.41 Å². The van der Waals surface area contributed by atoms with E-state index >= 15 is 0 Å². The highest BCUT2D eigenvalue weighted by Crippen LogP contribution is 2.22. The SMILES string of the molecule is COCCCN(C)CCCC(C)(C)C(N)=S. The van der Waals surface area contributed by atoms with Crippen molar-refractivity contribution in [2.75, 3.05) is 33.9 Å². The topological polar surface area (TPSA) is 38.5 Å². The van der Waals surface area contributed by atoms with Crippen molar-refractivity contribution in [3.05, 3.63) is 0 Å². The number of rotatable bonds is 9. The van der Waals surface area contributed by atoms with Crippen molar-refractivity contribution in [3.63, 3.8) is 0 Å². The molecule has 96 valence electrons. The number of nitrogens with zero attached hydrogens (tertiary/aromatic N) is 1. The van der Waals surface area contributed by atoms with E-state index in [0.29, 0.717) is 4.99 Å². The Kier molecular flexibility index (Phi) is 7.89. The van der Waals surface area contributed by atoms with Crippen molar-refractivity contribution < 1.29 is 4.74 Å². The summed E-state index contributed by atoms with van der Waals surface area (Å²) in [5.41, 5.74) is 5.68. The van der Waals surface area contributed by atoms with Crippen LogP contribution in [-0.2, 0) is 4.74 Å². The lowest BCUT2D eigenvalue weighted by molar-refractivity contribution is 0.178. The van der Waals surface area contributed by atoms with Crippen LogP contribution in [0.1, 0.15) is 33.1 Å². The minimum absolute atomic E-state index is 0.0112. The van der Waals surface area contributed by atoms with Crippen molar-refractivity contribution >= 4 is 17.2 Å². The van der Waals surface area contributed by atoms with Crippen molar-refractivity contribution in [2.24, 2.45) is 11.1 Å². The number of methoxy groups -OCH3 is 1. The van der Waals surface area contributed by atoms with Gasteiger partial charge in [-0.25, -0.2) is 0 Å². The smallest absolute Gasteiger partial charge is 0.0784 e. The van der Waals surface area contributed by atoms with Crippen molar-refractivity contribution in [3.8, 4) is 0 Å². The predicted molar refractivity (Wildman–Crippen MR) is 73.8 cm³/mol. The summed E-state index contributed by atoms with van der Waals surface area (Å²) in [6.45, 7) is 7.24. The normalized spacial score (nSPS) is 12.1. The third kappa shape index (κ3) is 7.14. The zero-order chi connectivity index (χ0) is 12.6. The molecular weight excluding hydrogens is 220 g/mol. The summed E-state index contributed by atoms with van der Waals surface area (Å²) >= 11 is 5.04. The van der Waals surface area contributed by atoms with Gasteiger partial charge in [0.15, 0.2) is 0 Å². The van der Waals surface area contributed by atoms with Gasteiger partial charge in [0.25, 0.3) is 0 Å². The molecule has 0 aliphatic heterocycles. The van der Waals surface area contributed by atoms with Crippen LogP contribution in [0, 0.1) is 5.41 Å². The standard InChI is InChI=1S/C12H26N2OS/c1-12(2,11(13)16)7-5-8-14(3)9-6-10-15-4/h5-10H2,1-4H3,(H2,13,16). The molecule has 0 bridgehead atoms. The van der Waals surface area contributed by atoms with Crippen molar-refractivity contribution in [1.82, 2.24) is 4.90 Å². The lowest BCUT2D eigenvalue weighted by Gasteiger charge is -2.24. The average molecular weight is 246 g/mol. The molecule has 16 heavy (non-hydrogen) atoms. The summed E-state index contributed by atoms with van der Waals surface area (Å²) in [4.78, 5) is 2.95. The van der Waals surface area contributed by atoms with Crippen molar-refractivity contribution in [1.29, 1.82) is 0 Å². The molecule has 0 fully saturated rings. The largest absolute Gasteiger partial charge is 0.393 e. The first-order chi connectivity index (χ1) is 7.40. The second-order valence-corrected chi connectivity index (χ2v) is 5.44. The molecule has 0 saturated carbocycles. The van der Waals surface area contributed by atoms with Gasteiger partial charge in [0.1, 0.15) is 0 Å². The Morgan fingerprint density at radius 1 is 1.31 bits per heavy atom. The number of hydrogen-bond acceptors (Lipinski definition) is 3. The van der Waals surface area contributed by atoms with Gasteiger partial charge in [-0.3, -0.25) is 0 Å². The van der Waals surface area contributed by atoms with Gasteiger partial charge in [0, 0.05) is 25.7 Å². The number of ether oxygens (including phenoxy) is 1. The fraction of sp³-hybridized carbons (Fsp3) is 0.917. The van der Waals surface area contributed by atoms with Crippen LogP contribution in [0.15, 0.2) is 0 Å². The number of hydrogen-bond donors (Lipinski definition) is 1. The lowest BCUT2D eigenvalue weighted by Crippen LogP contribution is -2.31. The highest BCUT2D eigenvalue weighted by Gasteiger charge is 2.20. The lowest BCUT2D eigenvalue weighted by atomic mass is 9.88. The Balaban J connectivity index is 3.61. The number of thiocarbonyl (C=S) groups is 1. The van der Waals surface area contributed by atoms with Gasteiger partial charge >= 0.3 is 0 Å². The van der Waals surface area contributed by atoms with Crippen LogP contribution in [-0.4, -0.2) is 43.7 Å². The summed E-state index contributed by atoms with van der Waals surface area (Å²) in [6, 6.07) is 0. The summed E-state index contributed by atoms with van der Waals surface area (Å²) < 4.78 is 5.02. The number of nitrogens with two attached hydrogens (primary N) is 1. The highest BCUT2D eigenvalue weighted by atomic mass is 32.1. The monoisotopic (exact) mass is 246 g/mol. The van der Waals surface area contributed by atoms with Gasteiger partial charge in [-0.2, -0.15) is 0 Å². The molecule has 0 rings (SSSR count). The predicted octanol–water partition coefficient (Wildman–Crippen LogP) is 2.05. The summed E-state index contributed by atoms with van der Waals surface area (Å²) in [5, 5.41) is 0. The second kappa shape index (κ2) is 7.98. The second-order valence-electron chi connectivity index (χ2n) is 5.00. The summed E-state index contributed by atoms with van der Waals surface area (Å²) in [6.07, 6.45) is 3.27. The Labute approximate surface area is 105 Å². The zero-order valence-corrected chi connectivity index (χ0v) is 11.9. The van der Waals surface area contributed by atoms with Gasteiger partial charge in [-0.1, -0.05) is 26.1 Å². The molecule has 0 aromatic carbocycles.